The minimum absolute atomic E-state index is 0.0649. The van der Waals surface area contributed by atoms with Crippen molar-refractivity contribution in [2.45, 2.75) is 6.10 Å². The lowest BCUT2D eigenvalue weighted by Gasteiger charge is -2.06. The standard InChI is InChI=1S/C8H9N3O4/c12-6(8(14)15)4-11-7(13)5-3-9-1-2-10-5/h1-3,6,12H,4H2,(H,11,13)(H,14,15)/t6-/m0/s1. The Kier molecular flexibility index (Phi) is 3.69. The minimum atomic E-state index is -1.62. The number of nitrogens with one attached hydrogen (secondary N) is 1. The fourth-order valence-corrected chi connectivity index (χ4v) is 0.784. The molecule has 0 saturated carbocycles. The summed E-state index contributed by atoms with van der Waals surface area (Å²) in [6.07, 6.45) is 2.36. The zero-order valence-electron chi connectivity index (χ0n) is 7.62. The van der Waals surface area contributed by atoms with Crippen molar-refractivity contribution in [3.63, 3.8) is 0 Å². The number of carboxylic acid groups (broad SMARTS) is 1. The number of aliphatic hydroxyl groups is 1. The number of aliphatic hydroxyl groups excluding tert-OH is 1. The molecule has 7 nitrogen and oxygen atoms in total. The Hall–Kier alpha value is -2.02. The van der Waals surface area contributed by atoms with Gasteiger partial charge in [-0.3, -0.25) is 9.78 Å². The van der Waals surface area contributed by atoms with Crippen LogP contribution < -0.4 is 5.32 Å². The maximum absolute atomic E-state index is 11.3. The van der Waals surface area contributed by atoms with Crippen molar-refractivity contribution in [3.05, 3.63) is 24.3 Å². The third-order valence-electron chi connectivity index (χ3n) is 1.54. The van der Waals surface area contributed by atoms with Crippen molar-refractivity contribution in [3.8, 4) is 0 Å². The van der Waals surface area contributed by atoms with E-state index in [4.69, 9.17) is 10.2 Å². The van der Waals surface area contributed by atoms with Crippen LogP contribution in [0, 0.1) is 0 Å². The average Bonchev–Trinajstić information content (AvgIpc) is 2.26. The number of amides is 1. The normalized spacial score (nSPS) is 11.8. The Labute approximate surface area is 84.8 Å². The molecule has 0 fully saturated rings. The van der Waals surface area contributed by atoms with Gasteiger partial charge in [0.1, 0.15) is 5.69 Å². The van der Waals surface area contributed by atoms with Gasteiger partial charge in [0.15, 0.2) is 6.10 Å². The van der Waals surface area contributed by atoms with Crippen molar-refractivity contribution in [2.24, 2.45) is 0 Å². The fourth-order valence-electron chi connectivity index (χ4n) is 0.784. The highest BCUT2D eigenvalue weighted by atomic mass is 16.4. The molecular formula is C8H9N3O4. The smallest absolute Gasteiger partial charge is 0.334 e. The van der Waals surface area contributed by atoms with Gasteiger partial charge < -0.3 is 15.5 Å². The maximum atomic E-state index is 11.3. The molecule has 1 aromatic heterocycles. The number of hydrogen-bond donors (Lipinski definition) is 3. The number of carboxylic acids is 1. The number of aromatic nitrogens is 2. The average molecular weight is 211 g/mol. The van der Waals surface area contributed by atoms with E-state index in [1.165, 1.54) is 18.6 Å². The molecule has 0 unspecified atom stereocenters. The van der Waals surface area contributed by atoms with Gasteiger partial charge in [0.05, 0.1) is 12.7 Å². The van der Waals surface area contributed by atoms with Gasteiger partial charge in [0, 0.05) is 12.4 Å². The van der Waals surface area contributed by atoms with Crippen LogP contribution in [0.5, 0.6) is 0 Å². The first-order valence-corrected chi connectivity index (χ1v) is 4.06. The molecule has 0 aliphatic rings. The summed E-state index contributed by atoms with van der Waals surface area (Å²) >= 11 is 0. The van der Waals surface area contributed by atoms with E-state index in [0.29, 0.717) is 0 Å². The fraction of sp³-hybridized carbons (Fsp3) is 0.250. The monoisotopic (exact) mass is 211 g/mol. The molecule has 0 aliphatic heterocycles. The predicted octanol–water partition coefficient (Wildman–Crippen LogP) is -1.35. The van der Waals surface area contributed by atoms with Gasteiger partial charge in [-0.05, 0) is 0 Å². The summed E-state index contributed by atoms with van der Waals surface area (Å²) in [5.41, 5.74) is 0.0649. The molecule has 0 radical (unpaired) electrons. The van der Waals surface area contributed by atoms with Gasteiger partial charge in [-0.1, -0.05) is 0 Å². The molecule has 1 amide bonds. The summed E-state index contributed by atoms with van der Waals surface area (Å²) in [5, 5.41) is 19.4. The number of carbonyl (C=O) groups excluding carboxylic acids is 1. The van der Waals surface area contributed by atoms with E-state index in [2.05, 4.69) is 15.3 Å². The number of rotatable bonds is 4. The lowest BCUT2D eigenvalue weighted by molar-refractivity contribution is -0.146. The Balaban J connectivity index is 2.47. The van der Waals surface area contributed by atoms with Gasteiger partial charge >= 0.3 is 5.97 Å². The van der Waals surface area contributed by atoms with E-state index in [0.717, 1.165) is 0 Å². The molecular weight excluding hydrogens is 202 g/mol. The number of aliphatic carboxylic acids is 1. The molecule has 1 aromatic rings. The molecule has 7 heteroatoms. The van der Waals surface area contributed by atoms with E-state index < -0.39 is 18.0 Å². The predicted molar refractivity (Wildman–Crippen MR) is 48.0 cm³/mol. The summed E-state index contributed by atoms with van der Waals surface area (Å²) in [5.74, 6) is -1.97. The molecule has 1 rings (SSSR count). The van der Waals surface area contributed by atoms with Gasteiger partial charge in [-0.25, -0.2) is 9.78 Å². The van der Waals surface area contributed by atoms with Crippen molar-refractivity contribution < 1.29 is 19.8 Å². The molecule has 1 atom stereocenters. The quantitative estimate of drug-likeness (QED) is 0.567. The Morgan fingerprint density at radius 3 is 2.73 bits per heavy atom. The number of hydrogen-bond acceptors (Lipinski definition) is 5. The lowest BCUT2D eigenvalue weighted by Crippen LogP contribution is -2.36. The van der Waals surface area contributed by atoms with E-state index in [-0.39, 0.29) is 12.2 Å². The molecule has 1 heterocycles. The molecule has 0 aliphatic carbocycles. The second-order valence-corrected chi connectivity index (χ2v) is 2.65. The molecule has 15 heavy (non-hydrogen) atoms. The summed E-state index contributed by atoms with van der Waals surface area (Å²) < 4.78 is 0. The van der Waals surface area contributed by atoms with Gasteiger partial charge in [-0.15, -0.1) is 0 Å². The zero-order chi connectivity index (χ0) is 11.3. The summed E-state index contributed by atoms with van der Waals surface area (Å²) in [4.78, 5) is 28.8. The van der Waals surface area contributed by atoms with Crippen LogP contribution in [0.15, 0.2) is 18.6 Å². The molecule has 0 spiro atoms. The summed E-state index contributed by atoms with van der Waals surface area (Å²) in [7, 11) is 0. The van der Waals surface area contributed by atoms with Crippen LogP contribution in [0.25, 0.3) is 0 Å². The topological polar surface area (TPSA) is 112 Å². The largest absolute Gasteiger partial charge is 0.479 e. The second-order valence-electron chi connectivity index (χ2n) is 2.65. The third-order valence-corrected chi connectivity index (χ3v) is 1.54. The van der Waals surface area contributed by atoms with E-state index >= 15 is 0 Å². The zero-order valence-corrected chi connectivity index (χ0v) is 7.62. The van der Waals surface area contributed by atoms with Crippen LogP contribution in [0.1, 0.15) is 10.5 Å². The molecule has 80 valence electrons. The summed E-state index contributed by atoms with van der Waals surface area (Å²) in [6.45, 7) is -0.370. The van der Waals surface area contributed by atoms with Crippen molar-refractivity contribution in [1.29, 1.82) is 0 Å². The van der Waals surface area contributed by atoms with E-state index in [1.54, 1.807) is 0 Å². The highest BCUT2D eigenvalue weighted by Crippen LogP contribution is 1.90. The van der Waals surface area contributed by atoms with Gasteiger partial charge in [-0.2, -0.15) is 0 Å². The molecule has 0 saturated heterocycles. The van der Waals surface area contributed by atoms with Gasteiger partial charge in [0.2, 0.25) is 0 Å². The first-order chi connectivity index (χ1) is 7.11. The van der Waals surface area contributed by atoms with Crippen LogP contribution >= 0.6 is 0 Å². The van der Waals surface area contributed by atoms with E-state index in [9.17, 15) is 9.59 Å². The highest BCUT2D eigenvalue weighted by molar-refractivity contribution is 5.92. The van der Waals surface area contributed by atoms with Crippen molar-refractivity contribution in [1.82, 2.24) is 15.3 Å². The van der Waals surface area contributed by atoms with Crippen LogP contribution in [0.4, 0.5) is 0 Å². The van der Waals surface area contributed by atoms with Crippen LogP contribution in [-0.4, -0.2) is 44.7 Å². The van der Waals surface area contributed by atoms with Crippen molar-refractivity contribution in [2.75, 3.05) is 6.54 Å². The molecule has 0 aromatic carbocycles. The van der Waals surface area contributed by atoms with Crippen LogP contribution in [-0.2, 0) is 4.79 Å². The second kappa shape index (κ2) is 5.01. The van der Waals surface area contributed by atoms with Crippen molar-refractivity contribution >= 4 is 11.9 Å². The van der Waals surface area contributed by atoms with Gasteiger partial charge in [0.25, 0.3) is 5.91 Å². The molecule has 0 bridgehead atoms. The first kappa shape index (κ1) is 11.1. The van der Waals surface area contributed by atoms with E-state index in [1.807, 2.05) is 0 Å². The highest BCUT2D eigenvalue weighted by Gasteiger charge is 2.15. The van der Waals surface area contributed by atoms with Crippen LogP contribution in [0.3, 0.4) is 0 Å². The number of nitrogens with zero attached hydrogens (tertiary/aromatic N) is 2. The Morgan fingerprint density at radius 1 is 1.47 bits per heavy atom. The Bertz CT molecular complexity index is 354. The maximum Gasteiger partial charge on any atom is 0.334 e. The number of carbonyl (C=O) groups is 2. The van der Waals surface area contributed by atoms with Crippen LogP contribution in [0.2, 0.25) is 0 Å². The molecule has 3 N–H and O–H groups in total. The Morgan fingerprint density at radius 2 is 2.20 bits per heavy atom. The summed E-state index contributed by atoms with van der Waals surface area (Å²) in [6, 6.07) is 0. The first-order valence-electron chi connectivity index (χ1n) is 4.06. The third kappa shape index (κ3) is 3.31. The SMILES string of the molecule is O=C(NC[C@H](O)C(=O)O)c1cnccn1. The minimum Gasteiger partial charge on any atom is -0.479 e. The lowest BCUT2D eigenvalue weighted by atomic mass is 10.3.